The van der Waals surface area contributed by atoms with Crippen molar-refractivity contribution in [3.63, 3.8) is 0 Å². The van der Waals surface area contributed by atoms with Gasteiger partial charge in [0.1, 0.15) is 0 Å². The van der Waals surface area contributed by atoms with Crippen molar-refractivity contribution in [2.75, 3.05) is 6.54 Å². The minimum atomic E-state index is 0.0707. The van der Waals surface area contributed by atoms with Crippen LogP contribution < -0.4 is 5.73 Å². The molecule has 0 spiro atoms. The zero-order valence-electron chi connectivity index (χ0n) is 12.6. The molecule has 20 heavy (non-hydrogen) atoms. The Morgan fingerprint density at radius 1 is 1.35 bits per heavy atom. The van der Waals surface area contributed by atoms with Crippen LogP contribution in [0.1, 0.15) is 38.8 Å². The zero-order valence-corrected chi connectivity index (χ0v) is 13.4. The molecule has 0 aliphatic carbocycles. The standard InChI is InChI=1S/C15H24ClN3O/c1-10(2)8-19(11(3)4)9-13-6-5-12(7-14(13)16)15(17)18-20/h5-7,10-11,20H,8-9H2,1-4H3,(H2,17,18). The first-order valence-electron chi connectivity index (χ1n) is 6.85. The van der Waals surface area contributed by atoms with E-state index in [1.807, 2.05) is 12.1 Å². The summed E-state index contributed by atoms with van der Waals surface area (Å²) in [5.74, 6) is 0.675. The van der Waals surface area contributed by atoms with Gasteiger partial charge in [-0.15, -0.1) is 0 Å². The van der Waals surface area contributed by atoms with Crippen LogP contribution in [0.25, 0.3) is 0 Å². The lowest BCUT2D eigenvalue weighted by atomic mass is 10.1. The molecule has 1 rings (SSSR count). The Morgan fingerprint density at radius 3 is 2.45 bits per heavy atom. The van der Waals surface area contributed by atoms with Crippen LogP contribution in [-0.4, -0.2) is 28.5 Å². The van der Waals surface area contributed by atoms with Crippen molar-refractivity contribution in [1.82, 2.24) is 4.90 Å². The van der Waals surface area contributed by atoms with E-state index in [0.29, 0.717) is 22.5 Å². The van der Waals surface area contributed by atoms with Gasteiger partial charge in [-0.1, -0.05) is 42.7 Å². The number of benzene rings is 1. The highest BCUT2D eigenvalue weighted by Crippen LogP contribution is 2.21. The van der Waals surface area contributed by atoms with Crippen LogP contribution in [-0.2, 0) is 6.54 Å². The third-order valence-corrected chi connectivity index (χ3v) is 3.51. The van der Waals surface area contributed by atoms with Gasteiger partial charge >= 0.3 is 0 Å². The lowest BCUT2D eigenvalue weighted by molar-refractivity contribution is 0.189. The van der Waals surface area contributed by atoms with Gasteiger partial charge in [0.2, 0.25) is 0 Å². The highest BCUT2D eigenvalue weighted by Gasteiger charge is 2.14. The van der Waals surface area contributed by atoms with Crippen LogP contribution in [0.4, 0.5) is 0 Å². The summed E-state index contributed by atoms with van der Waals surface area (Å²) >= 11 is 6.30. The minimum absolute atomic E-state index is 0.0707. The molecule has 0 atom stereocenters. The summed E-state index contributed by atoms with van der Waals surface area (Å²) in [7, 11) is 0. The first-order chi connectivity index (χ1) is 9.35. The molecule has 0 unspecified atom stereocenters. The van der Waals surface area contributed by atoms with Crippen molar-refractivity contribution in [2.45, 2.75) is 40.3 Å². The molecule has 3 N–H and O–H groups in total. The summed E-state index contributed by atoms with van der Waals surface area (Å²) in [6.07, 6.45) is 0. The van der Waals surface area contributed by atoms with Gasteiger partial charge < -0.3 is 10.9 Å². The summed E-state index contributed by atoms with van der Waals surface area (Å²) in [6, 6.07) is 5.95. The lowest BCUT2D eigenvalue weighted by Crippen LogP contribution is -2.33. The molecular formula is C15H24ClN3O. The smallest absolute Gasteiger partial charge is 0.170 e. The number of amidine groups is 1. The Labute approximate surface area is 126 Å². The molecule has 0 aliphatic rings. The average molecular weight is 298 g/mol. The fourth-order valence-corrected chi connectivity index (χ4v) is 2.28. The Balaban J connectivity index is 2.91. The van der Waals surface area contributed by atoms with E-state index in [1.165, 1.54) is 0 Å². The SMILES string of the molecule is CC(C)CN(Cc1ccc(/C(N)=N/O)cc1Cl)C(C)C. The van der Waals surface area contributed by atoms with Crippen molar-refractivity contribution >= 4 is 17.4 Å². The van der Waals surface area contributed by atoms with Crippen LogP contribution in [0.15, 0.2) is 23.4 Å². The molecule has 0 heterocycles. The predicted molar refractivity (Wildman–Crippen MR) is 84.3 cm³/mol. The minimum Gasteiger partial charge on any atom is -0.409 e. The number of nitrogens with two attached hydrogens (primary N) is 1. The maximum atomic E-state index is 8.68. The molecule has 0 amide bonds. The normalized spacial score (nSPS) is 12.7. The van der Waals surface area contributed by atoms with Gasteiger partial charge in [-0.25, -0.2) is 0 Å². The fourth-order valence-electron chi connectivity index (χ4n) is 2.04. The molecular weight excluding hydrogens is 274 g/mol. The number of hydrogen-bond acceptors (Lipinski definition) is 3. The molecule has 0 aromatic heterocycles. The summed E-state index contributed by atoms with van der Waals surface area (Å²) in [5, 5.41) is 12.3. The van der Waals surface area contributed by atoms with E-state index < -0.39 is 0 Å². The maximum Gasteiger partial charge on any atom is 0.170 e. The quantitative estimate of drug-likeness (QED) is 0.366. The second kappa shape index (κ2) is 7.50. The first kappa shape index (κ1) is 16.8. The van der Waals surface area contributed by atoms with Crippen molar-refractivity contribution in [1.29, 1.82) is 0 Å². The van der Waals surface area contributed by atoms with Crippen molar-refractivity contribution < 1.29 is 5.21 Å². The van der Waals surface area contributed by atoms with Crippen LogP contribution in [0.5, 0.6) is 0 Å². The molecule has 1 aromatic rings. The molecule has 0 saturated heterocycles. The second-order valence-corrected chi connectivity index (χ2v) is 6.12. The molecule has 1 aromatic carbocycles. The third kappa shape index (κ3) is 4.69. The van der Waals surface area contributed by atoms with Crippen LogP contribution in [0, 0.1) is 5.92 Å². The summed E-state index contributed by atoms with van der Waals surface area (Å²) in [5.41, 5.74) is 7.24. The molecule has 4 nitrogen and oxygen atoms in total. The van der Waals surface area contributed by atoms with E-state index in [2.05, 4.69) is 37.8 Å². The van der Waals surface area contributed by atoms with Gasteiger partial charge in [0.05, 0.1) is 0 Å². The van der Waals surface area contributed by atoms with Crippen LogP contribution in [0.2, 0.25) is 5.02 Å². The highest BCUT2D eigenvalue weighted by atomic mass is 35.5. The van der Waals surface area contributed by atoms with Gasteiger partial charge in [0, 0.05) is 29.7 Å². The van der Waals surface area contributed by atoms with Gasteiger partial charge in [0.15, 0.2) is 5.84 Å². The topological polar surface area (TPSA) is 61.8 Å². The van der Waals surface area contributed by atoms with Gasteiger partial charge in [-0.3, -0.25) is 4.90 Å². The molecule has 0 saturated carbocycles. The Hall–Kier alpha value is -1.26. The Bertz CT molecular complexity index is 472. The molecule has 0 aliphatic heterocycles. The Kier molecular flexibility index (Phi) is 6.30. The average Bonchev–Trinajstić information content (AvgIpc) is 2.38. The number of oxime groups is 1. The number of hydrogen-bond donors (Lipinski definition) is 2. The van der Waals surface area contributed by atoms with Gasteiger partial charge in [0.25, 0.3) is 0 Å². The first-order valence-corrected chi connectivity index (χ1v) is 7.23. The molecule has 5 heteroatoms. The Morgan fingerprint density at radius 2 is 2.00 bits per heavy atom. The van der Waals surface area contributed by atoms with Crippen molar-refractivity contribution in [3.05, 3.63) is 34.3 Å². The monoisotopic (exact) mass is 297 g/mol. The molecule has 0 bridgehead atoms. The zero-order chi connectivity index (χ0) is 15.3. The third-order valence-electron chi connectivity index (χ3n) is 3.16. The van der Waals surface area contributed by atoms with E-state index in [4.69, 9.17) is 22.5 Å². The number of nitrogens with zero attached hydrogens (tertiary/aromatic N) is 2. The summed E-state index contributed by atoms with van der Waals surface area (Å²) in [6.45, 7) is 10.6. The van der Waals surface area contributed by atoms with Crippen LogP contribution >= 0.6 is 11.6 Å². The van der Waals surface area contributed by atoms with E-state index in [1.54, 1.807) is 6.07 Å². The van der Waals surface area contributed by atoms with E-state index in [0.717, 1.165) is 18.7 Å². The van der Waals surface area contributed by atoms with Crippen LogP contribution in [0.3, 0.4) is 0 Å². The predicted octanol–water partition coefficient (Wildman–Crippen LogP) is 3.30. The largest absolute Gasteiger partial charge is 0.409 e. The molecule has 0 fully saturated rings. The summed E-state index contributed by atoms with van der Waals surface area (Å²) in [4.78, 5) is 2.38. The molecule has 0 radical (unpaired) electrons. The van der Waals surface area contributed by atoms with Gasteiger partial charge in [-0.2, -0.15) is 0 Å². The maximum absolute atomic E-state index is 8.68. The van der Waals surface area contributed by atoms with Crippen molar-refractivity contribution in [2.24, 2.45) is 16.8 Å². The number of rotatable bonds is 6. The van der Waals surface area contributed by atoms with E-state index >= 15 is 0 Å². The molecule has 112 valence electrons. The van der Waals surface area contributed by atoms with Gasteiger partial charge in [-0.05, 0) is 31.4 Å². The van der Waals surface area contributed by atoms with Crippen molar-refractivity contribution in [3.8, 4) is 0 Å². The number of halogens is 1. The fraction of sp³-hybridized carbons (Fsp3) is 0.533. The second-order valence-electron chi connectivity index (χ2n) is 5.71. The highest BCUT2D eigenvalue weighted by molar-refractivity contribution is 6.31. The van der Waals surface area contributed by atoms with E-state index in [-0.39, 0.29) is 5.84 Å². The van der Waals surface area contributed by atoms with E-state index in [9.17, 15) is 0 Å². The lowest BCUT2D eigenvalue weighted by Gasteiger charge is -2.28. The summed E-state index contributed by atoms with van der Waals surface area (Å²) < 4.78 is 0.